The van der Waals surface area contributed by atoms with Gasteiger partial charge in [0, 0.05) is 5.56 Å². The van der Waals surface area contributed by atoms with E-state index in [0.717, 1.165) is 0 Å². The van der Waals surface area contributed by atoms with Crippen molar-refractivity contribution in [2.45, 2.75) is 32.7 Å². The molecule has 0 saturated carbocycles. The van der Waals surface area contributed by atoms with Crippen LogP contribution in [0.3, 0.4) is 0 Å². The number of aliphatic carboxylic acids is 1. The number of carboxylic acid groups (broad SMARTS) is 1. The third-order valence-electron chi connectivity index (χ3n) is 3.43. The second kappa shape index (κ2) is 8.17. The quantitative estimate of drug-likeness (QED) is 0.667. The Morgan fingerprint density at radius 3 is 2.26 bits per heavy atom. The predicted molar refractivity (Wildman–Crippen MR) is 84.4 cm³/mol. The van der Waals surface area contributed by atoms with Crippen molar-refractivity contribution < 1.29 is 24.2 Å². The minimum atomic E-state index is -1.35. The van der Waals surface area contributed by atoms with Crippen molar-refractivity contribution in [3.63, 3.8) is 0 Å². The van der Waals surface area contributed by atoms with Crippen molar-refractivity contribution in [2.75, 3.05) is 13.2 Å². The Bertz CT molecular complexity index is 570. The minimum absolute atomic E-state index is 0.237. The Balaban J connectivity index is 2.55. The predicted octanol–water partition coefficient (Wildman–Crippen LogP) is 1.18. The number of carbonyl (C=O) groups excluding carboxylic acids is 2. The summed E-state index contributed by atoms with van der Waals surface area (Å²) in [6, 6.07) is 6.51. The van der Waals surface area contributed by atoms with Crippen molar-refractivity contribution in [2.24, 2.45) is 0 Å². The standard InChI is InChI=1S/C16H22N2O5/c1-4-16(3,15(21)22)18-13(19)10-17-14(20)11-6-8-12(9-7-11)23-5-2/h6-9H,4-5,10H2,1-3H3,(H,17,20)(H,18,19)(H,21,22). The van der Waals surface area contributed by atoms with E-state index in [0.29, 0.717) is 17.9 Å². The molecule has 0 fully saturated rings. The van der Waals surface area contributed by atoms with E-state index >= 15 is 0 Å². The molecule has 0 aliphatic heterocycles. The molecule has 7 heteroatoms. The zero-order chi connectivity index (χ0) is 17.5. The van der Waals surface area contributed by atoms with Crippen LogP contribution in [0, 0.1) is 0 Å². The Kier molecular flexibility index (Phi) is 6.56. The average molecular weight is 322 g/mol. The third-order valence-corrected chi connectivity index (χ3v) is 3.43. The molecule has 2 amide bonds. The average Bonchev–Trinajstić information content (AvgIpc) is 2.53. The second-order valence-corrected chi connectivity index (χ2v) is 5.18. The van der Waals surface area contributed by atoms with Gasteiger partial charge >= 0.3 is 5.97 Å². The van der Waals surface area contributed by atoms with Crippen LogP contribution in [0.4, 0.5) is 0 Å². The van der Waals surface area contributed by atoms with E-state index in [-0.39, 0.29) is 13.0 Å². The topological polar surface area (TPSA) is 105 Å². The van der Waals surface area contributed by atoms with Crippen molar-refractivity contribution >= 4 is 17.8 Å². The first kappa shape index (κ1) is 18.5. The van der Waals surface area contributed by atoms with E-state index in [2.05, 4.69) is 10.6 Å². The Labute approximate surface area is 135 Å². The van der Waals surface area contributed by atoms with Crippen LogP contribution in [-0.2, 0) is 9.59 Å². The van der Waals surface area contributed by atoms with Crippen LogP contribution in [0.1, 0.15) is 37.6 Å². The molecule has 7 nitrogen and oxygen atoms in total. The van der Waals surface area contributed by atoms with Crippen molar-refractivity contribution in [3.8, 4) is 5.75 Å². The first-order valence-electron chi connectivity index (χ1n) is 7.38. The van der Waals surface area contributed by atoms with Gasteiger partial charge in [0.15, 0.2) is 0 Å². The van der Waals surface area contributed by atoms with Gasteiger partial charge in [-0.15, -0.1) is 0 Å². The maximum absolute atomic E-state index is 11.9. The van der Waals surface area contributed by atoms with Crippen molar-refractivity contribution in [1.29, 1.82) is 0 Å². The normalized spacial score (nSPS) is 12.8. The van der Waals surface area contributed by atoms with E-state index in [1.54, 1.807) is 31.2 Å². The van der Waals surface area contributed by atoms with Gasteiger partial charge in [-0.3, -0.25) is 9.59 Å². The molecule has 0 saturated heterocycles. The fraction of sp³-hybridized carbons (Fsp3) is 0.438. The summed E-state index contributed by atoms with van der Waals surface area (Å²) in [6.45, 7) is 5.18. The number of rotatable bonds is 8. The lowest BCUT2D eigenvalue weighted by atomic mass is 9.99. The molecule has 23 heavy (non-hydrogen) atoms. The number of ether oxygens (including phenoxy) is 1. The summed E-state index contributed by atoms with van der Waals surface area (Å²) in [7, 11) is 0. The molecule has 1 aromatic rings. The summed E-state index contributed by atoms with van der Waals surface area (Å²) in [6.07, 6.45) is 0.237. The SMILES string of the molecule is CCOc1ccc(C(=O)NCC(=O)NC(C)(CC)C(=O)O)cc1. The van der Waals surface area contributed by atoms with Gasteiger partial charge in [-0.2, -0.15) is 0 Å². The largest absolute Gasteiger partial charge is 0.494 e. The molecule has 126 valence electrons. The molecule has 3 N–H and O–H groups in total. The monoisotopic (exact) mass is 322 g/mol. The number of hydrogen-bond donors (Lipinski definition) is 3. The Morgan fingerprint density at radius 1 is 1.17 bits per heavy atom. The smallest absolute Gasteiger partial charge is 0.329 e. The van der Waals surface area contributed by atoms with Gasteiger partial charge < -0.3 is 20.5 Å². The van der Waals surface area contributed by atoms with Crippen molar-refractivity contribution in [3.05, 3.63) is 29.8 Å². The lowest BCUT2D eigenvalue weighted by molar-refractivity contribution is -0.146. The van der Waals surface area contributed by atoms with Crippen LogP contribution in [0.5, 0.6) is 5.75 Å². The summed E-state index contributed by atoms with van der Waals surface area (Å²) < 4.78 is 5.28. The van der Waals surface area contributed by atoms with E-state index in [1.165, 1.54) is 6.92 Å². The zero-order valence-corrected chi connectivity index (χ0v) is 13.5. The van der Waals surface area contributed by atoms with Gasteiger partial charge in [0.05, 0.1) is 13.2 Å². The van der Waals surface area contributed by atoms with Gasteiger partial charge in [0.25, 0.3) is 5.91 Å². The Hall–Kier alpha value is -2.57. The molecule has 1 rings (SSSR count). The van der Waals surface area contributed by atoms with E-state index in [9.17, 15) is 14.4 Å². The van der Waals surface area contributed by atoms with Gasteiger partial charge in [-0.1, -0.05) is 6.92 Å². The van der Waals surface area contributed by atoms with Gasteiger partial charge in [-0.05, 0) is 44.5 Å². The number of benzene rings is 1. The van der Waals surface area contributed by atoms with E-state index < -0.39 is 23.3 Å². The molecule has 1 unspecified atom stereocenters. The highest BCUT2D eigenvalue weighted by Gasteiger charge is 2.32. The van der Waals surface area contributed by atoms with Crippen LogP contribution in [0.2, 0.25) is 0 Å². The van der Waals surface area contributed by atoms with Crippen molar-refractivity contribution in [1.82, 2.24) is 10.6 Å². The maximum Gasteiger partial charge on any atom is 0.329 e. The molecular weight excluding hydrogens is 300 g/mol. The third kappa shape index (κ3) is 5.28. The number of carboxylic acids is 1. The lowest BCUT2D eigenvalue weighted by Gasteiger charge is -2.24. The molecule has 0 aromatic heterocycles. The summed E-state index contributed by atoms with van der Waals surface area (Å²) in [5.41, 5.74) is -0.959. The minimum Gasteiger partial charge on any atom is -0.494 e. The number of hydrogen-bond acceptors (Lipinski definition) is 4. The molecule has 0 aliphatic carbocycles. The number of nitrogens with one attached hydrogen (secondary N) is 2. The second-order valence-electron chi connectivity index (χ2n) is 5.18. The molecule has 0 spiro atoms. The molecule has 0 bridgehead atoms. The highest BCUT2D eigenvalue weighted by Crippen LogP contribution is 2.12. The fourth-order valence-electron chi connectivity index (χ4n) is 1.78. The van der Waals surface area contributed by atoms with Crippen LogP contribution in [-0.4, -0.2) is 41.6 Å². The zero-order valence-electron chi connectivity index (χ0n) is 13.5. The molecule has 1 aromatic carbocycles. The maximum atomic E-state index is 11.9. The summed E-state index contributed by atoms with van der Waals surface area (Å²) in [4.78, 5) is 34.8. The molecule has 0 heterocycles. The molecule has 0 aliphatic rings. The highest BCUT2D eigenvalue weighted by molar-refractivity contribution is 5.97. The first-order valence-corrected chi connectivity index (χ1v) is 7.38. The first-order chi connectivity index (χ1) is 10.8. The number of carbonyl (C=O) groups is 3. The number of amides is 2. The van der Waals surface area contributed by atoms with Crippen LogP contribution in [0.15, 0.2) is 24.3 Å². The molecule has 1 atom stereocenters. The summed E-state index contributed by atoms with van der Waals surface area (Å²) >= 11 is 0. The van der Waals surface area contributed by atoms with Crippen LogP contribution < -0.4 is 15.4 Å². The highest BCUT2D eigenvalue weighted by atomic mass is 16.5. The van der Waals surface area contributed by atoms with Gasteiger partial charge in [0.1, 0.15) is 11.3 Å². The lowest BCUT2D eigenvalue weighted by Crippen LogP contribution is -2.54. The van der Waals surface area contributed by atoms with Gasteiger partial charge in [0.2, 0.25) is 5.91 Å². The fourth-order valence-corrected chi connectivity index (χ4v) is 1.78. The van der Waals surface area contributed by atoms with E-state index in [4.69, 9.17) is 9.84 Å². The molecular formula is C16H22N2O5. The van der Waals surface area contributed by atoms with Crippen LogP contribution >= 0.6 is 0 Å². The van der Waals surface area contributed by atoms with Crippen LogP contribution in [0.25, 0.3) is 0 Å². The summed E-state index contributed by atoms with van der Waals surface area (Å²) in [5.74, 6) is -1.44. The van der Waals surface area contributed by atoms with Gasteiger partial charge in [-0.25, -0.2) is 4.79 Å². The Morgan fingerprint density at radius 2 is 1.78 bits per heavy atom. The molecule has 0 radical (unpaired) electrons. The summed E-state index contributed by atoms with van der Waals surface area (Å²) in [5, 5.41) is 13.9. The van der Waals surface area contributed by atoms with E-state index in [1.807, 2.05) is 6.92 Å².